The van der Waals surface area contributed by atoms with Crippen LogP contribution >= 0.6 is 0 Å². The van der Waals surface area contributed by atoms with Crippen molar-refractivity contribution >= 4 is 27.3 Å². The molecule has 0 spiro atoms. The van der Waals surface area contributed by atoms with E-state index in [1.165, 1.54) is 7.11 Å². The van der Waals surface area contributed by atoms with E-state index in [-0.39, 0.29) is 10.7 Å². The zero-order chi connectivity index (χ0) is 23.6. The molecule has 1 aromatic heterocycles. The molecule has 3 aromatic rings. The number of fused-ring (bicyclic) bond motifs is 1. The fourth-order valence-corrected chi connectivity index (χ4v) is 4.50. The number of nitrogens with one attached hydrogen (secondary N) is 2. The Labute approximate surface area is 190 Å². The van der Waals surface area contributed by atoms with Gasteiger partial charge < -0.3 is 14.5 Å². The van der Waals surface area contributed by atoms with Crippen LogP contribution in [0.4, 0.5) is 10.1 Å². The van der Waals surface area contributed by atoms with E-state index in [0.29, 0.717) is 53.3 Å². The third kappa shape index (κ3) is 4.75. The van der Waals surface area contributed by atoms with Crippen LogP contribution in [0, 0.1) is 12.7 Å². The molecule has 1 aliphatic carbocycles. The number of anilines is 1. The zero-order valence-corrected chi connectivity index (χ0v) is 18.8. The third-order valence-corrected chi connectivity index (χ3v) is 6.51. The Morgan fingerprint density at radius 2 is 1.91 bits per heavy atom. The number of carbonyl (C=O) groups excluding carboxylic acids is 1. The topological polar surface area (TPSA) is 110 Å². The first-order valence-corrected chi connectivity index (χ1v) is 11.7. The normalized spacial score (nSPS) is 14.6. The van der Waals surface area contributed by atoms with Gasteiger partial charge in [-0.25, -0.2) is 4.39 Å². The van der Waals surface area contributed by atoms with Crippen molar-refractivity contribution in [2.75, 3.05) is 12.4 Å². The summed E-state index contributed by atoms with van der Waals surface area (Å²) in [6, 6.07) is 11.4. The highest BCUT2D eigenvalue weighted by atomic mass is 32.2. The second kappa shape index (κ2) is 9.07. The Bertz CT molecular complexity index is 1330. The summed E-state index contributed by atoms with van der Waals surface area (Å²) in [6.45, 7) is 1.73. The lowest BCUT2D eigenvalue weighted by molar-refractivity contribution is 0.0994. The van der Waals surface area contributed by atoms with Crippen LogP contribution in [0.1, 0.15) is 40.3 Å². The van der Waals surface area contributed by atoms with Gasteiger partial charge in [-0.05, 0) is 56.2 Å². The molecule has 0 radical (unpaired) electrons. The monoisotopic (exact) mass is 471 g/mol. The van der Waals surface area contributed by atoms with E-state index in [1.54, 1.807) is 31.2 Å². The van der Waals surface area contributed by atoms with Gasteiger partial charge in [-0.15, -0.1) is 0 Å². The van der Waals surface area contributed by atoms with E-state index >= 15 is 0 Å². The number of rotatable bonds is 6. The fraction of sp³-hybridized carbons (Fsp3) is 0.217. The molecule has 2 aromatic carbocycles. The van der Waals surface area contributed by atoms with Crippen molar-refractivity contribution in [2.45, 2.75) is 31.1 Å². The lowest BCUT2D eigenvalue weighted by atomic mass is 9.93. The van der Waals surface area contributed by atoms with E-state index in [9.17, 15) is 17.6 Å². The lowest BCUT2D eigenvalue weighted by Gasteiger charge is -2.14. The highest BCUT2D eigenvalue weighted by molar-refractivity contribution is 7.89. The molecule has 1 heterocycles. The standard InChI is InChI=1S/C23H22FN3O5S/c1-14-21-19(26-27-33(29,30)18-11-9-15(24)10-12-18)7-4-8-20(21)32-22(14)23(28)25-16-5-3-6-17(13-16)31-2/h3,5-6,9-13,27H,4,7-8H2,1-2H3,(H,25,28)/b26-19+. The van der Waals surface area contributed by atoms with Crippen LogP contribution in [0.3, 0.4) is 0 Å². The van der Waals surface area contributed by atoms with Crippen LogP contribution < -0.4 is 14.9 Å². The molecule has 172 valence electrons. The fourth-order valence-electron chi connectivity index (χ4n) is 3.67. The van der Waals surface area contributed by atoms with Crippen molar-refractivity contribution in [2.24, 2.45) is 5.10 Å². The molecule has 1 aliphatic rings. The predicted octanol–water partition coefficient (Wildman–Crippen LogP) is 4.01. The number of sulfonamides is 1. The molecule has 0 saturated heterocycles. The van der Waals surface area contributed by atoms with Gasteiger partial charge in [-0.2, -0.15) is 18.4 Å². The Hall–Kier alpha value is -3.66. The van der Waals surface area contributed by atoms with Gasteiger partial charge in [-0.3, -0.25) is 4.79 Å². The molecular weight excluding hydrogens is 449 g/mol. The molecular formula is C23H22FN3O5S. The summed E-state index contributed by atoms with van der Waals surface area (Å²) in [7, 11) is -2.44. The largest absolute Gasteiger partial charge is 0.497 e. The summed E-state index contributed by atoms with van der Waals surface area (Å²) in [5.41, 5.74) is 2.22. The number of halogens is 1. The van der Waals surface area contributed by atoms with Crippen LogP contribution in [0.25, 0.3) is 0 Å². The van der Waals surface area contributed by atoms with Crippen LogP contribution in [-0.4, -0.2) is 27.1 Å². The maximum atomic E-state index is 13.1. The first kappa shape index (κ1) is 22.5. The molecule has 33 heavy (non-hydrogen) atoms. The van der Waals surface area contributed by atoms with Gasteiger partial charge in [0.05, 0.1) is 17.7 Å². The van der Waals surface area contributed by atoms with Gasteiger partial charge in [0.2, 0.25) is 0 Å². The molecule has 8 nitrogen and oxygen atoms in total. The first-order valence-electron chi connectivity index (χ1n) is 10.2. The molecule has 0 fully saturated rings. The number of hydrogen-bond acceptors (Lipinski definition) is 6. The van der Waals surface area contributed by atoms with Gasteiger partial charge in [-0.1, -0.05) is 6.07 Å². The number of hydrazone groups is 1. The Morgan fingerprint density at radius 1 is 1.15 bits per heavy atom. The molecule has 10 heteroatoms. The van der Waals surface area contributed by atoms with Crippen molar-refractivity contribution in [3.63, 3.8) is 0 Å². The highest BCUT2D eigenvalue weighted by Crippen LogP contribution is 2.30. The number of carbonyl (C=O) groups is 1. The predicted molar refractivity (Wildman–Crippen MR) is 121 cm³/mol. The number of ether oxygens (including phenoxy) is 1. The summed E-state index contributed by atoms with van der Waals surface area (Å²) in [4.78, 5) is 15.0. The van der Waals surface area contributed by atoms with E-state index in [2.05, 4.69) is 15.2 Å². The number of aryl methyl sites for hydroxylation is 1. The second-order valence-electron chi connectivity index (χ2n) is 7.50. The number of methoxy groups -OCH3 is 1. The summed E-state index contributed by atoms with van der Waals surface area (Å²) in [5, 5.41) is 6.90. The average Bonchev–Trinajstić information content (AvgIpc) is 3.15. The molecule has 0 unspecified atom stereocenters. The van der Waals surface area contributed by atoms with Gasteiger partial charge in [0.25, 0.3) is 15.9 Å². The van der Waals surface area contributed by atoms with E-state index in [0.717, 1.165) is 24.3 Å². The quantitative estimate of drug-likeness (QED) is 0.528. The van der Waals surface area contributed by atoms with Gasteiger partial charge in [0.15, 0.2) is 5.76 Å². The Morgan fingerprint density at radius 3 is 2.64 bits per heavy atom. The average molecular weight is 472 g/mol. The number of benzene rings is 2. The summed E-state index contributed by atoms with van der Waals surface area (Å²) < 4.78 is 49.2. The molecule has 0 aliphatic heterocycles. The highest BCUT2D eigenvalue weighted by Gasteiger charge is 2.28. The van der Waals surface area contributed by atoms with Crippen LogP contribution in [0.15, 0.2) is 62.9 Å². The number of furan rings is 1. The molecule has 0 bridgehead atoms. The van der Waals surface area contributed by atoms with Gasteiger partial charge in [0.1, 0.15) is 17.3 Å². The lowest BCUT2D eigenvalue weighted by Crippen LogP contribution is -2.22. The maximum Gasteiger partial charge on any atom is 0.291 e. The SMILES string of the molecule is COc1cccc(NC(=O)c2oc3c(c2C)/C(=N/NS(=O)(=O)c2ccc(F)cc2)CCC3)c1. The van der Waals surface area contributed by atoms with E-state index < -0.39 is 21.7 Å². The van der Waals surface area contributed by atoms with Crippen molar-refractivity contribution in [1.29, 1.82) is 0 Å². The van der Waals surface area contributed by atoms with Crippen molar-refractivity contribution < 1.29 is 26.8 Å². The molecule has 0 saturated carbocycles. The van der Waals surface area contributed by atoms with Gasteiger partial charge >= 0.3 is 0 Å². The minimum Gasteiger partial charge on any atom is -0.497 e. The second-order valence-corrected chi connectivity index (χ2v) is 9.16. The van der Waals surface area contributed by atoms with Crippen molar-refractivity contribution in [3.05, 3.63) is 77.0 Å². The summed E-state index contributed by atoms with van der Waals surface area (Å²) >= 11 is 0. The van der Waals surface area contributed by atoms with Crippen LogP contribution in [0.2, 0.25) is 0 Å². The Kier molecular flexibility index (Phi) is 6.19. The van der Waals surface area contributed by atoms with Crippen LogP contribution in [0.5, 0.6) is 5.75 Å². The van der Waals surface area contributed by atoms with Crippen molar-refractivity contribution in [3.8, 4) is 5.75 Å². The Balaban J connectivity index is 1.59. The molecule has 1 amide bonds. The molecule has 2 N–H and O–H groups in total. The summed E-state index contributed by atoms with van der Waals surface area (Å²) in [6.07, 6.45) is 1.80. The third-order valence-electron chi connectivity index (χ3n) is 5.28. The zero-order valence-electron chi connectivity index (χ0n) is 18.0. The molecule has 4 rings (SSSR count). The maximum absolute atomic E-state index is 13.1. The van der Waals surface area contributed by atoms with E-state index in [4.69, 9.17) is 9.15 Å². The number of hydrogen-bond donors (Lipinski definition) is 2. The first-order chi connectivity index (χ1) is 15.8. The number of amides is 1. The summed E-state index contributed by atoms with van der Waals surface area (Å²) in [5.74, 6) is 0.353. The minimum absolute atomic E-state index is 0.105. The number of nitrogens with zero attached hydrogens (tertiary/aromatic N) is 1. The van der Waals surface area contributed by atoms with E-state index in [1.807, 2.05) is 0 Å². The van der Waals surface area contributed by atoms with Crippen molar-refractivity contribution in [1.82, 2.24) is 4.83 Å². The van der Waals surface area contributed by atoms with Gasteiger partial charge in [0, 0.05) is 29.3 Å². The van der Waals surface area contributed by atoms with Crippen LogP contribution in [-0.2, 0) is 16.4 Å². The molecule has 0 atom stereocenters. The smallest absolute Gasteiger partial charge is 0.291 e. The minimum atomic E-state index is -3.97.